The van der Waals surface area contributed by atoms with Crippen molar-refractivity contribution in [3.05, 3.63) is 29.8 Å². The number of nitrogens with zero attached hydrogens (tertiary/aromatic N) is 1. The summed E-state index contributed by atoms with van der Waals surface area (Å²) in [6.07, 6.45) is 48.9. The molecule has 1 rings (SSSR count). The quantitative estimate of drug-likeness (QED) is 0.0671. The van der Waals surface area contributed by atoms with Gasteiger partial charge in [-0.05, 0) is 37.0 Å². The van der Waals surface area contributed by atoms with Crippen molar-refractivity contribution >= 4 is 5.69 Å². The average Bonchev–Trinajstić information content (AvgIpc) is 3.06. The van der Waals surface area contributed by atoms with Crippen LogP contribution >= 0.6 is 0 Å². The van der Waals surface area contributed by atoms with Crippen molar-refractivity contribution in [2.75, 3.05) is 18.5 Å². The fourth-order valence-electron chi connectivity index (χ4n) is 7.00. The van der Waals surface area contributed by atoms with Crippen LogP contribution in [0.2, 0.25) is 0 Å². The summed E-state index contributed by atoms with van der Waals surface area (Å²) in [5.74, 6) is 0. The molecule has 1 aromatic rings. The third kappa shape index (κ3) is 28.9. The molecule has 1 aromatic carbocycles. The Morgan fingerprint density at radius 3 is 0.911 bits per heavy atom. The maximum atomic E-state index is 2.46. The summed E-state index contributed by atoms with van der Waals surface area (Å²) < 4.78 is 0. The van der Waals surface area contributed by atoms with Crippen LogP contribution in [0.25, 0.3) is 0 Å². The predicted molar refractivity (Wildman–Crippen MR) is 207 cm³/mol. The summed E-state index contributed by atoms with van der Waals surface area (Å²) in [5.41, 5.74) is 2.91. The molecule has 0 aliphatic rings. The highest BCUT2D eigenvalue weighted by Gasteiger charge is 2.02. The molecule has 0 spiro atoms. The second-order valence-corrected chi connectivity index (χ2v) is 14.8. The Balaban J connectivity index is 1.86. The van der Waals surface area contributed by atoms with Gasteiger partial charge in [-0.3, -0.25) is 0 Å². The van der Waals surface area contributed by atoms with Crippen molar-refractivity contribution in [1.29, 1.82) is 0 Å². The van der Waals surface area contributed by atoms with E-state index in [1.807, 2.05) is 0 Å². The summed E-state index contributed by atoms with van der Waals surface area (Å²) in [6, 6.07) is 9.47. The molecule has 0 fully saturated rings. The van der Waals surface area contributed by atoms with Crippen molar-refractivity contribution in [1.82, 2.24) is 0 Å². The zero-order chi connectivity index (χ0) is 32.3. The first-order chi connectivity index (χ1) is 22.3. The number of hydrogen-bond acceptors (Lipinski definition) is 1. The maximum Gasteiger partial charge on any atom is 0.0363 e. The van der Waals surface area contributed by atoms with E-state index in [2.05, 4.69) is 50.1 Å². The topological polar surface area (TPSA) is 3.24 Å². The van der Waals surface area contributed by atoms with Crippen molar-refractivity contribution in [2.45, 2.75) is 232 Å². The Morgan fingerprint density at radius 1 is 0.333 bits per heavy atom. The Morgan fingerprint density at radius 2 is 0.600 bits per heavy atom. The SMILES string of the molecule is CCCCCCCCCCCCCCCCCCCc1ccc(N(C)CCCCCCCCCCCCCCCCCC)cc1. The molecule has 0 unspecified atom stereocenters. The highest BCUT2D eigenvalue weighted by Crippen LogP contribution is 2.19. The molecule has 0 atom stereocenters. The molecule has 0 bridgehead atoms. The van der Waals surface area contributed by atoms with E-state index in [0.29, 0.717) is 0 Å². The van der Waals surface area contributed by atoms with Gasteiger partial charge in [-0.15, -0.1) is 0 Å². The fraction of sp³-hybridized carbons (Fsp3) is 0.864. The zero-order valence-corrected chi connectivity index (χ0v) is 31.5. The van der Waals surface area contributed by atoms with Gasteiger partial charge < -0.3 is 4.90 Å². The molecule has 1 nitrogen and oxygen atoms in total. The minimum atomic E-state index is 1.19. The van der Waals surface area contributed by atoms with E-state index in [9.17, 15) is 0 Å². The maximum absolute atomic E-state index is 2.46. The van der Waals surface area contributed by atoms with Crippen molar-refractivity contribution in [3.63, 3.8) is 0 Å². The molecule has 264 valence electrons. The van der Waals surface area contributed by atoms with Gasteiger partial charge in [-0.2, -0.15) is 0 Å². The molecule has 0 heterocycles. The van der Waals surface area contributed by atoms with Gasteiger partial charge in [0.2, 0.25) is 0 Å². The van der Waals surface area contributed by atoms with Crippen LogP contribution in [0.3, 0.4) is 0 Å². The number of rotatable bonds is 36. The summed E-state index contributed by atoms with van der Waals surface area (Å²) in [6.45, 7) is 5.80. The molecule has 0 radical (unpaired) electrons. The second kappa shape index (κ2) is 34.4. The Labute approximate surface area is 285 Å². The Hall–Kier alpha value is -0.980. The van der Waals surface area contributed by atoms with Crippen molar-refractivity contribution in [3.8, 4) is 0 Å². The lowest BCUT2D eigenvalue weighted by atomic mass is 10.0. The summed E-state index contributed by atoms with van der Waals surface area (Å²) in [4.78, 5) is 2.46. The standard InChI is InChI=1S/C44H83N/c1-4-6-8-10-12-14-16-18-20-22-23-25-27-29-31-33-35-37-43-38-40-44(41-39-43)45(3)42-36-34-32-30-28-26-24-21-19-17-15-13-11-9-7-5-2/h38-41H,4-37,42H2,1-3H3. The van der Waals surface area contributed by atoms with Crippen LogP contribution in [0, 0.1) is 0 Å². The van der Waals surface area contributed by atoms with Crippen molar-refractivity contribution < 1.29 is 0 Å². The van der Waals surface area contributed by atoms with E-state index in [4.69, 9.17) is 0 Å². The van der Waals surface area contributed by atoms with Gasteiger partial charge in [0, 0.05) is 19.3 Å². The lowest BCUT2D eigenvalue weighted by molar-refractivity contribution is 0.527. The van der Waals surface area contributed by atoms with Crippen LogP contribution in [0.15, 0.2) is 24.3 Å². The van der Waals surface area contributed by atoms with Gasteiger partial charge in [0.1, 0.15) is 0 Å². The lowest BCUT2D eigenvalue weighted by Crippen LogP contribution is -2.18. The van der Waals surface area contributed by atoms with Gasteiger partial charge in [0.25, 0.3) is 0 Å². The molecular formula is C44H83N. The average molecular weight is 626 g/mol. The minimum Gasteiger partial charge on any atom is -0.375 e. The summed E-state index contributed by atoms with van der Waals surface area (Å²) in [7, 11) is 2.27. The van der Waals surface area contributed by atoms with Gasteiger partial charge in [0.05, 0.1) is 0 Å². The number of benzene rings is 1. The summed E-state index contributed by atoms with van der Waals surface area (Å²) >= 11 is 0. The lowest BCUT2D eigenvalue weighted by Gasteiger charge is -2.19. The number of anilines is 1. The minimum absolute atomic E-state index is 1.19. The number of aryl methyl sites for hydroxylation is 1. The van der Waals surface area contributed by atoms with Crippen LogP contribution in [-0.4, -0.2) is 13.6 Å². The molecule has 0 aliphatic heterocycles. The molecule has 45 heavy (non-hydrogen) atoms. The Bertz CT molecular complexity index is 679. The fourth-order valence-corrected chi connectivity index (χ4v) is 7.00. The molecule has 0 saturated heterocycles. The molecule has 0 saturated carbocycles. The van der Waals surface area contributed by atoms with Crippen molar-refractivity contribution in [2.24, 2.45) is 0 Å². The first-order valence-electron chi connectivity index (χ1n) is 21.1. The number of unbranched alkanes of at least 4 members (excludes halogenated alkanes) is 31. The van der Waals surface area contributed by atoms with Gasteiger partial charge in [0.15, 0.2) is 0 Å². The van der Waals surface area contributed by atoms with Gasteiger partial charge >= 0.3 is 0 Å². The third-order valence-corrected chi connectivity index (χ3v) is 10.3. The van der Waals surface area contributed by atoms with Gasteiger partial charge in [-0.1, -0.05) is 225 Å². The highest BCUT2D eigenvalue weighted by molar-refractivity contribution is 5.46. The first-order valence-corrected chi connectivity index (χ1v) is 21.1. The Kier molecular flexibility index (Phi) is 32.1. The molecule has 1 heteroatoms. The van der Waals surface area contributed by atoms with Crippen LogP contribution in [0.4, 0.5) is 5.69 Å². The van der Waals surface area contributed by atoms with Crippen LogP contribution in [0.1, 0.15) is 231 Å². The second-order valence-electron chi connectivity index (χ2n) is 14.8. The largest absolute Gasteiger partial charge is 0.375 e. The van der Waals surface area contributed by atoms with E-state index in [0.717, 1.165) is 0 Å². The summed E-state index contributed by atoms with van der Waals surface area (Å²) in [5, 5.41) is 0. The molecular weight excluding hydrogens is 542 g/mol. The highest BCUT2D eigenvalue weighted by atomic mass is 15.1. The monoisotopic (exact) mass is 626 g/mol. The number of hydrogen-bond donors (Lipinski definition) is 0. The molecule has 0 N–H and O–H groups in total. The predicted octanol–water partition coefficient (Wildman–Crippen LogP) is 15.6. The molecule has 0 amide bonds. The van der Waals surface area contributed by atoms with E-state index >= 15 is 0 Å². The smallest absolute Gasteiger partial charge is 0.0363 e. The van der Waals surface area contributed by atoms with Crippen LogP contribution in [0.5, 0.6) is 0 Å². The van der Waals surface area contributed by atoms with Crippen LogP contribution in [-0.2, 0) is 6.42 Å². The normalized spacial score (nSPS) is 11.4. The van der Waals surface area contributed by atoms with E-state index in [1.54, 1.807) is 0 Å². The van der Waals surface area contributed by atoms with E-state index < -0.39 is 0 Å². The van der Waals surface area contributed by atoms with Gasteiger partial charge in [-0.25, -0.2) is 0 Å². The zero-order valence-electron chi connectivity index (χ0n) is 31.5. The molecule has 0 aliphatic carbocycles. The van der Waals surface area contributed by atoms with E-state index in [-0.39, 0.29) is 0 Å². The van der Waals surface area contributed by atoms with E-state index in [1.165, 1.54) is 236 Å². The third-order valence-electron chi connectivity index (χ3n) is 10.3. The van der Waals surface area contributed by atoms with Crippen LogP contribution < -0.4 is 4.90 Å². The molecule has 0 aromatic heterocycles. The first kappa shape index (κ1) is 42.0.